The lowest BCUT2D eigenvalue weighted by atomic mass is 10.1. The number of likely N-dealkylation sites (N-methyl/N-ethyl adjacent to an activating group) is 2. The highest BCUT2D eigenvalue weighted by Crippen LogP contribution is 2.24. The fraction of sp³-hybridized carbons (Fsp3) is 0.417. The van der Waals surface area contributed by atoms with Crippen LogP contribution in [-0.4, -0.2) is 38.5 Å². The molecule has 1 amide bonds. The van der Waals surface area contributed by atoms with E-state index in [0.29, 0.717) is 13.1 Å². The Balaban J connectivity index is 2.91. The molecule has 0 saturated heterocycles. The van der Waals surface area contributed by atoms with Gasteiger partial charge < -0.3 is 15.5 Å². The first-order valence-corrected chi connectivity index (χ1v) is 6.14. The number of hydrogen-bond donors (Lipinski definition) is 1. The average molecular weight is 300 g/mol. The van der Waals surface area contributed by atoms with E-state index in [1.807, 2.05) is 30.1 Å². The van der Waals surface area contributed by atoms with Crippen LogP contribution in [0.3, 0.4) is 0 Å². The summed E-state index contributed by atoms with van der Waals surface area (Å²) < 4.78 is 0.980. The molecule has 0 aromatic heterocycles. The second-order valence-corrected chi connectivity index (χ2v) is 5.04. The third-order valence-corrected chi connectivity index (χ3v) is 3.04. The lowest BCUT2D eigenvalue weighted by Crippen LogP contribution is -2.34. The summed E-state index contributed by atoms with van der Waals surface area (Å²) >= 11 is 3.43. The van der Waals surface area contributed by atoms with Crippen molar-refractivity contribution < 1.29 is 4.79 Å². The number of carbonyl (C=O) groups is 1. The summed E-state index contributed by atoms with van der Waals surface area (Å²) in [5.74, 6) is 0.0652. The smallest absolute Gasteiger partial charge is 0.241 e. The Kier molecular flexibility index (Phi) is 4.96. The summed E-state index contributed by atoms with van der Waals surface area (Å²) in [5, 5.41) is 0. The minimum absolute atomic E-state index is 0.0652. The largest absolute Gasteiger partial charge is 0.365 e. The number of nitrogens with two attached hydrogens (primary N) is 1. The summed E-state index contributed by atoms with van der Waals surface area (Å²) in [6.45, 7) is 0.805. The molecule has 1 aromatic rings. The molecule has 94 valence electrons. The quantitative estimate of drug-likeness (QED) is 0.915. The van der Waals surface area contributed by atoms with Gasteiger partial charge in [-0.05, 0) is 17.7 Å². The van der Waals surface area contributed by atoms with Gasteiger partial charge in [0, 0.05) is 37.8 Å². The van der Waals surface area contributed by atoms with E-state index in [4.69, 9.17) is 5.73 Å². The Morgan fingerprint density at radius 3 is 2.53 bits per heavy atom. The second-order valence-electron chi connectivity index (χ2n) is 4.12. The van der Waals surface area contributed by atoms with Crippen molar-refractivity contribution in [2.75, 3.05) is 32.6 Å². The van der Waals surface area contributed by atoms with Gasteiger partial charge in [-0.1, -0.05) is 22.0 Å². The molecule has 2 N–H and O–H groups in total. The molecule has 1 rings (SSSR count). The Morgan fingerprint density at radius 2 is 2.00 bits per heavy atom. The summed E-state index contributed by atoms with van der Waals surface area (Å²) in [6, 6.07) is 5.90. The molecule has 0 bridgehead atoms. The van der Waals surface area contributed by atoms with Crippen LogP contribution in [0.1, 0.15) is 5.56 Å². The Morgan fingerprint density at radius 1 is 1.35 bits per heavy atom. The highest BCUT2D eigenvalue weighted by Gasteiger charge is 2.12. The number of nitrogens with zero attached hydrogens (tertiary/aromatic N) is 2. The number of benzene rings is 1. The van der Waals surface area contributed by atoms with Gasteiger partial charge in [-0.3, -0.25) is 4.79 Å². The van der Waals surface area contributed by atoms with Crippen LogP contribution < -0.4 is 10.6 Å². The number of carbonyl (C=O) groups excluding carboxylic acids is 1. The van der Waals surface area contributed by atoms with E-state index in [0.717, 1.165) is 15.7 Å². The van der Waals surface area contributed by atoms with Gasteiger partial charge in [0.05, 0.1) is 6.54 Å². The standard InChI is InChI=1S/C12H18BrN3O/c1-15(2)12(17)8-16(3)11-6-10(13)5-4-9(11)7-14/h4-6H,7-8,14H2,1-3H3. The molecule has 0 fully saturated rings. The van der Waals surface area contributed by atoms with E-state index < -0.39 is 0 Å². The van der Waals surface area contributed by atoms with Crippen LogP contribution in [0.5, 0.6) is 0 Å². The van der Waals surface area contributed by atoms with Crippen LogP contribution in [-0.2, 0) is 11.3 Å². The minimum Gasteiger partial charge on any atom is -0.365 e. The maximum absolute atomic E-state index is 11.7. The van der Waals surface area contributed by atoms with Crippen LogP contribution in [0.4, 0.5) is 5.69 Å². The maximum Gasteiger partial charge on any atom is 0.241 e. The van der Waals surface area contributed by atoms with E-state index >= 15 is 0 Å². The first kappa shape index (κ1) is 14.0. The lowest BCUT2D eigenvalue weighted by Gasteiger charge is -2.23. The Labute approximate surface area is 111 Å². The molecule has 4 nitrogen and oxygen atoms in total. The number of hydrogen-bond acceptors (Lipinski definition) is 3. The predicted octanol–water partition coefficient (Wildman–Crippen LogP) is 1.43. The molecule has 5 heteroatoms. The van der Waals surface area contributed by atoms with Crippen LogP contribution in [0, 0.1) is 0 Å². The van der Waals surface area contributed by atoms with Gasteiger partial charge in [-0.2, -0.15) is 0 Å². The zero-order valence-corrected chi connectivity index (χ0v) is 12.0. The zero-order chi connectivity index (χ0) is 13.0. The van der Waals surface area contributed by atoms with E-state index in [9.17, 15) is 4.79 Å². The Hall–Kier alpha value is -1.07. The van der Waals surface area contributed by atoms with Gasteiger partial charge in [0.25, 0.3) is 0 Å². The second kappa shape index (κ2) is 6.02. The summed E-state index contributed by atoms with van der Waals surface area (Å²) in [5.41, 5.74) is 7.71. The van der Waals surface area contributed by atoms with Crippen LogP contribution in [0.15, 0.2) is 22.7 Å². The third kappa shape index (κ3) is 3.71. The van der Waals surface area contributed by atoms with Crippen molar-refractivity contribution in [2.45, 2.75) is 6.54 Å². The van der Waals surface area contributed by atoms with Crippen LogP contribution in [0.2, 0.25) is 0 Å². The molecule has 0 aliphatic carbocycles. The Bertz CT molecular complexity index is 407. The maximum atomic E-state index is 11.7. The third-order valence-electron chi connectivity index (χ3n) is 2.55. The molecule has 0 unspecified atom stereocenters. The van der Waals surface area contributed by atoms with Crippen molar-refractivity contribution in [3.8, 4) is 0 Å². The van der Waals surface area contributed by atoms with Crippen molar-refractivity contribution >= 4 is 27.5 Å². The van der Waals surface area contributed by atoms with Crippen molar-refractivity contribution in [3.63, 3.8) is 0 Å². The average Bonchev–Trinajstić information content (AvgIpc) is 2.28. The number of anilines is 1. The molecular formula is C12H18BrN3O. The highest BCUT2D eigenvalue weighted by atomic mass is 79.9. The fourth-order valence-electron chi connectivity index (χ4n) is 1.49. The molecule has 17 heavy (non-hydrogen) atoms. The topological polar surface area (TPSA) is 49.6 Å². The number of amides is 1. The summed E-state index contributed by atoms with van der Waals surface area (Å²) in [4.78, 5) is 15.1. The van der Waals surface area contributed by atoms with Crippen molar-refractivity contribution in [2.24, 2.45) is 5.73 Å². The SMILES string of the molecule is CN(C)C(=O)CN(C)c1cc(Br)ccc1CN. The number of halogens is 1. The lowest BCUT2D eigenvalue weighted by molar-refractivity contribution is -0.127. The van der Waals surface area contributed by atoms with Gasteiger partial charge in [0.2, 0.25) is 5.91 Å². The fourth-order valence-corrected chi connectivity index (χ4v) is 1.84. The highest BCUT2D eigenvalue weighted by molar-refractivity contribution is 9.10. The van der Waals surface area contributed by atoms with Crippen molar-refractivity contribution in [1.82, 2.24) is 4.90 Å². The molecule has 0 heterocycles. The van der Waals surface area contributed by atoms with Crippen LogP contribution in [0.25, 0.3) is 0 Å². The van der Waals surface area contributed by atoms with E-state index in [2.05, 4.69) is 15.9 Å². The molecule has 0 spiro atoms. The predicted molar refractivity (Wildman–Crippen MR) is 74.0 cm³/mol. The molecular weight excluding hydrogens is 282 g/mol. The van der Waals surface area contributed by atoms with E-state index in [1.54, 1.807) is 19.0 Å². The summed E-state index contributed by atoms with van der Waals surface area (Å²) in [7, 11) is 5.39. The van der Waals surface area contributed by atoms with Gasteiger partial charge >= 0.3 is 0 Å². The number of rotatable bonds is 4. The van der Waals surface area contributed by atoms with Gasteiger partial charge in [-0.15, -0.1) is 0 Å². The van der Waals surface area contributed by atoms with E-state index in [1.165, 1.54) is 0 Å². The molecule has 0 aliphatic rings. The van der Waals surface area contributed by atoms with Gasteiger partial charge in [-0.25, -0.2) is 0 Å². The van der Waals surface area contributed by atoms with Crippen LogP contribution >= 0.6 is 15.9 Å². The first-order chi connectivity index (χ1) is 7.95. The summed E-state index contributed by atoms with van der Waals surface area (Å²) in [6.07, 6.45) is 0. The van der Waals surface area contributed by atoms with E-state index in [-0.39, 0.29) is 5.91 Å². The molecule has 0 radical (unpaired) electrons. The van der Waals surface area contributed by atoms with Gasteiger partial charge in [0.15, 0.2) is 0 Å². The molecule has 0 atom stereocenters. The molecule has 1 aromatic carbocycles. The molecule has 0 aliphatic heterocycles. The van der Waals surface area contributed by atoms with Gasteiger partial charge in [0.1, 0.15) is 0 Å². The minimum atomic E-state index is 0.0652. The monoisotopic (exact) mass is 299 g/mol. The van der Waals surface area contributed by atoms with Crippen molar-refractivity contribution in [3.05, 3.63) is 28.2 Å². The zero-order valence-electron chi connectivity index (χ0n) is 10.4. The molecule has 0 saturated carbocycles. The first-order valence-electron chi connectivity index (χ1n) is 5.35. The van der Waals surface area contributed by atoms with Crippen molar-refractivity contribution in [1.29, 1.82) is 0 Å². The normalized spacial score (nSPS) is 10.2.